The summed E-state index contributed by atoms with van der Waals surface area (Å²) >= 11 is 0. The van der Waals surface area contributed by atoms with Gasteiger partial charge in [-0.1, -0.05) is 38.3 Å². The Hall–Kier alpha value is -2.72. The second kappa shape index (κ2) is 10.4. The normalized spacial score (nSPS) is 20.0. The minimum atomic E-state index is -1.00. The van der Waals surface area contributed by atoms with Crippen LogP contribution in [0.25, 0.3) is 11.0 Å². The summed E-state index contributed by atoms with van der Waals surface area (Å²) in [5.41, 5.74) is 1.85. The maximum atomic E-state index is 12.9. The Balaban J connectivity index is 1.91. The number of para-hydroxylation sites is 2. The van der Waals surface area contributed by atoms with Gasteiger partial charge in [0, 0.05) is 19.6 Å². The third-order valence-electron chi connectivity index (χ3n) is 5.29. The van der Waals surface area contributed by atoms with E-state index in [0.29, 0.717) is 36.7 Å². The molecular weight excluding hydrogens is 378 g/mol. The molecule has 7 heteroatoms. The summed E-state index contributed by atoms with van der Waals surface area (Å²) in [5.74, 6) is -0.714. The monoisotopic (exact) mass is 409 g/mol. The maximum absolute atomic E-state index is 12.9. The SMILES string of the molecule is CCCCCCNC(=O)C(C#N)c1nc2ccccc2nc1N1CC(C)OC(C)C1. The van der Waals surface area contributed by atoms with Gasteiger partial charge in [0.05, 0.1) is 29.3 Å². The van der Waals surface area contributed by atoms with Crippen LogP contribution < -0.4 is 10.2 Å². The molecule has 0 bridgehead atoms. The van der Waals surface area contributed by atoms with Crippen molar-refractivity contribution in [2.75, 3.05) is 24.5 Å². The smallest absolute Gasteiger partial charge is 0.243 e. The number of hydrogen-bond acceptors (Lipinski definition) is 6. The van der Waals surface area contributed by atoms with Gasteiger partial charge < -0.3 is 15.0 Å². The van der Waals surface area contributed by atoms with Crippen molar-refractivity contribution in [1.29, 1.82) is 5.26 Å². The number of morpholine rings is 1. The van der Waals surface area contributed by atoms with Crippen molar-refractivity contribution in [3.63, 3.8) is 0 Å². The number of nitrogens with zero attached hydrogens (tertiary/aromatic N) is 4. The zero-order valence-electron chi connectivity index (χ0n) is 18.1. The Bertz CT molecular complexity index is 900. The summed E-state index contributed by atoms with van der Waals surface area (Å²) in [5, 5.41) is 12.8. The van der Waals surface area contributed by atoms with E-state index in [2.05, 4.69) is 23.2 Å². The van der Waals surface area contributed by atoms with Gasteiger partial charge in [-0.3, -0.25) is 4.79 Å². The molecule has 1 aromatic carbocycles. The van der Waals surface area contributed by atoms with Gasteiger partial charge in [-0.2, -0.15) is 5.26 Å². The zero-order valence-corrected chi connectivity index (χ0v) is 18.1. The molecule has 1 N–H and O–H groups in total. The summed E-state index contributed by atoms with van der Waals surface area (Å²) in [7, 11) is 0. The Morgan fingerprint density at radius 3 is 2.50 bits per heavy atom. The van der Waals surface area contributed by atoms with Crippen molar-refractivity contribution in [3.8, 4) is 6.07 Å². The number of carbonyl (C=O) groups is 1. The Morgan fingerprint density at radius 2 is 1.87 bits per heavy atom. The van der Waals surface area contributed by atoms with Gasteiger partial charge in [0.1, 0.15) is 5.69 Å². The Labute approximate surface area is 178 Å². The molecule has 1 aliphatic rings. The van der Waals surface area contributed by atoms with E-state index in [1.807, 2.05) is 38.1 Å². The molecule has 0 radical (unpaired) electrons. The number of hydrogen-bond donors (Lipinski definition) is 1. The van der Waals surface area contributed by atoms with E-state index in [1.54, 1.807) is 0 Å². The largest absolute Gasteiger partial charge is 0.372 e. The van der Waals surface area contributed by atoms with E-state index < -0.39 is 5.92 Å². The molecular formula is C23H31N5O2. The number of nitrogens with one attached hydrogen (secondary N) is 1. The highest BCUT2D eigenvalue weighted by atomic mass is 16.5. The number of ether oxygens (including phenoxy) is 1. The van der Waals surface area contributed by atoms with Crippen molar-refractivity contribution < 1.29 is 9.53 Å². The maximum Gasteiger partial charge on any atom is 0.243 e. The van der Waals surface area contributed by atoms with Crippen LogP contribution in [0.1, 0.15) is 58.1 Å². The molecule has 0 aliphatic carbocycles. The molecule has 1 aromatic heterocycles. The molecule has 1 amide bonds. The second-order valence-corrected chi connectivity index (χ2v) is 8.00. The van der Waals surface area contributed by atoms with Crippen LogP contribution in [0.5, 0.6) is 0 Å². The lowest BCUT2D eigenvalue weighted by Gasteiger charge is -2.37. The van der Waals surface area contributed by atoms with E-state index >= 15 is 0 Å². The van der Waals surface area contributed by atoms with Crippen LogP contribution in [-0.2, 0) is 9.53 Å². The molecule has 1 aliphatic heterocycles. The van der Waals surface area contributed by atoms with Crippen LogP contribution in [0.4, 0.5) is 5.82 Å². The molecule has 0 spiro atoms. The Kier molecular flexibility index (Phi) is 7.58. The number of rotatable bonds is 8. The molecule has 3 unspecified atom stereocenters. The van der Waals surface area contributed by atoms with Crippen molar-refractivity contribution in [1.82, 2.24) is 15.3 Å². The lowest BCUT2D eigenvalue weighted by Crippen LogP contribution is -2.46. The molecule has 7 nitrogen and oxygen atoms in total. The summed E-state index contributed by atoms with van der Waals surface area (Å²) in [6.45, 7) is 8.03. The molecule has 2 aromatic rings. The first-order valence-electron chi connectivity index (χ1n) is 10.9. The zero-order chi connectivity index (χ0) is 21.5. The van der Waals surface area contributed by atoms with E-state index in [0.717, 1.165) is 31.2 Å². The lowest BCUT2D eigenvalue weighted by atomic mass is 10.0. The topological polar surface area (TPSA) is 91.1 Å². The van der Waals surface area contributed by atoms with Crippen LogP contribution in [0, 0.1) is 11.3 Å². The summed E-state index contributed by atoms with van der Waals surface area (Å²) in [4.78, 5) is 24.5. The van der Waals surface area contributed by atoms with Crippen LogP contribution in [0.3, 0.4) is 0 Å². The average Bonchev–Trinajstić information content (AvgIpc) is 2.73. The summed E-state index contributed by atoms with van der Waals surface area (Å²) in [6.07, 6.45) is 4.32. The van der Waals surface area contributed by atoms with Crippen molar-refractivity contribution in [2.24, 2.45) is 0 Å². The van der Waals surface area contributed by atoms with E-state index in [-0.39, 0.29) is 18.1 Å². The minimum absolute atomic E-state index is 0.0304. The fraction of sp³-hybridized carbons (Fsp3) is 0.565. The molecule has 1 fully saturated rings. The average molecular weight is 410 g/mol. The highest BCUT2D eigenvalue weighted by Gasteiger charge is 2.31. The molecule has 160 valence electrons. The van der Waals surface area contributed by atoms with Gasteiger partial charge in [-0.15, -0.1) is 0 Å². The van der Waals surface area contributed by atoms with Gasteiger partial charge in [0.15, 0.2) is 11.7 Å². The number of aromatic nitrogens is 2. The minimum Gasteiger partial charge on any atom is -0.372 e. The van der Waals surface area contributed by atoms with Gasteiger partial charge in [0.25, 0.3) is 0 Å². The number of carbonyl (C=O) groups excluding carboxylic acids is 1. The van der Waals surface area contributed by atoms with Gasteiger partial charge in [0.2, 0.25) is 5.91 Å². The summed E-state index contributed by atoms with van der Waals surface area (Å²) in [6, 6.07) is 9.72. The molecule has 2 heterocycles. The first-order valence-corrected chi connectivity index (χ1v) is 10.9. The van der Waals surface area contributed by atoms with Gasteiger partial charge in [-0.05, 0) is 32.4 Å². The van der Waals surface area contributed by atoms with Crippen molar-refractivity contribution >= 4 is 22.8 Å². The standard InChI is InChI=1S/C23H31N5O2/c1-4-5-6-9-12-25-23(29)18(13-24)21-22(28-14-16(2)30-17(3)15-28)27-20-11-8-7-10-19(20)26-21/h7-8,10-11,16-18H,4-6,9,12,14-15H2,1-3H3,(H,25,29). The van der Waals surface area contributed by atoms with Crippen molar-refractivity contribution in [2.45, 2.75) is 64.6 Å². The quantitative estimate of drug-likeness (QED) is 0.671. The molecule has 3 rings (SSSR count). The van der Waals surface area contributed by atoms with Crippen LogP contribution in [-0.4, -0.2) is 47.7 Å². The second-order valence-electron chi connectivity index (χ2n) is 8.00. The van der Waals surface area contributed by atoms with Crippen LogP contribution >= 0.6 is 0 Å². The third kappa shape index (κ3) is 5.25. The number of anilines is 1. The lowest BCUT2D eigenvalue weighted by molar-refractivity contribution is -0.121. The fourth-order valence-electron chi connectivity index (χ4n) is 3.89. The van der Waals surface area contributed by atoms with E-state index in [9.17, 15) is 10.1 Å². The number of nitriles is 1. The third-order valence-corrected chi connectivity index (χ3v) is 5.29. The fourth-order valence-corrected chi connectivity index (χ4v) is 3.89. The van der Waals surface area contributed by atoms with E-state index in [1.165, 1.54) is 0 Å². The van der Waals surface area contributed by atoms with E-state index in [4.69, 9.17) is 14.7 Å². The highest BCUT2D eigenvalue weighted by molar-refractivity contribution is 5.88. The first-order chi connectivity index (χ1) is 14.5. The highest BCUT2D eigenvalue weighted by Crippen LogP contribution is 2.29. The molecule has 30 heavy (non-hydrogen) atoms. The number of benzene rings is 1. The molecule has 1 saturated heterocycles. The number of unbranched alkanes of at least 4 members (excludes halogenated alkanes) is 3. The number of fused-ring (bicyclic) bond motifs is 1. The van der Waals surface area contributed by atoms with Gasteiger partial charge in [-0.25, -0.2) is 9.97 Å². The Morgan fingerprint density at radius 1 is 1.20 bits per heavy atom. The van der Waals surface area contributed by atoms with Crippen LogP contribution in [0.2, 0.25) is 0 Å². The van der Waals surface area contributed by atoms with Crippen molar-refractivity contribution in [3.05, 3.63) is 30.0 Å². The summed E-state index contributed by atoms with van der Waals surface area (Å²) < 4.78 is 5.85. The number of amides is 1. The first kappa shape index (κ1) is 22.0. The molecule has 0 saturated carbocycles. The predicted octanol–water partition coefficient (Wildman–Crippen LogP) is 3.55. The predicted molar refractivity (Wildman–Crippen MR) is 117 cm³/mol. The van der Waals surface area contributed by atoms with Crippen LogP contribution in [0.15, 0.2) is 24.3 Å². The van der Waals surface area contributed by atoms with Gasteiger partial charge >= 0.3 is 0 Å². The molecule has 3 atom stereocenters.